The van der Waals surface area contributed by atoms with E-state index in [-0.39, 0.29) is 0 Å². The lowest BCUT2D eigenvalue weighted by atomic mass is 9.89. The molecule has 0 fully saturated rings. The van der Waals surface area contributed by atoms with Crippen LogP contribution in [0.3, 0.4) is 0 Å². The molecular weight excluding hydrogens is 222 g/mol. The SMILES string of the molecule is Nc1ccc2c(c1)CCC2(O)Cc1ccccc1. The second-order valence-corrected chi connectivity index (χ2v) is 5.11. The minimum absolute atomic E-state index is 0.671. The van der Waals surface area contributed by atoms with Crippen LogP contribution in [0, 0.1) is 0 Å². The van der Waals surface area contributed by atoms with Gasteiger partial charge in [-0.15, -0.1) is 0 Å². The molecule has 2 heteroatoms. The van der Waals surface area contributed by atoms with Crippen molar-refractivity contribution in [1.82, 2.24) is 0 Å². The molecule has 0 saturated heterocycles. The molecule has 0 aliphatic heterocycles. The van der Waals surface area contributed by atoms with Crippen LogP contribution in [0.5, 0.6) is 0 Å². The van der Waals surface area contributed by atoms with E-state index in [1.54, 1.807) is 0 Å². The molecule has 1 unspecified atom stereocenters. The Kier molecular flexibility index (Phi) is 2.60. The van der Waals surface area contributed by atoms with Crippen LogP contribution < -0.4 is 5.73 Å². The van der Waals surface area contributed by atoms with Crippen molar-refractivity contribution in [3.63, 3.8) is 0 Å². The van der Waals surface area contributed by atoms with Gasteiger partial charge in [-0.1, -0.05) is 36.4 Å². The van der Waals surface area contributed by atoms with Crippen molar-refractivity contribution in [2.45, 2.75) is 24.9 Å². The maximum Gasteiger partial charge on any atom is 0.0942 e. The summed E-state index contributed by atoms with van der Waals surface area (Å²) in [4.78, 5) is 0. The normalized spacial score (nSPS) is 21.8. The van der Waals surface area contributed by atoms with Gasteiger partial charge in [0.15, 0.2) is 0 Å². The lowest BCUT2D eigenvalue weighted by molar-refractivity contribution is 0.0390. The van der Waals surface area contributed by atoms with E-state index >= 15 is 0 Å². The number of aryl methyl sites for hydroxylation is 1. The zero-order valence-corrected chi connectivity index (χ0v) is 10.3. The molecule has 0 bridgehead atoms. The molecule has 0 aromatic heterocycles. The zero-order chi connectivity index (χ0) is 12.6. The van der Waals surface area contributed by atoms with E-state index in [0.717, 1.165) is 24.1 Å². The van der Waals surface area contributed by atoms with Crippen molar-refractivity contribution in [2.75, 3.05) is 5.73 Å². The van der Waals surface area contributed by atoms with Crippen LogP contribution in [-0.4, -0.2) is 5.11 Å². The number of nitrogen functional groups attached to an aromatic ring is 1. The molecule has 1 aliphatic carbocycles. The van der Waals surface area contributed by atoms with Crippen LogP contribution in [0.2, 0.25) is 0 Å². The van der Waals surface area contributed by atoms with Gasteiger partial charge < -0.3 is 10.8 Å². The molecule has 1 aliphatic rings. The summed E-state index contributed by atoms with van der Waals surface area (Å²) in [5, 5.41) is 10.8. The summed E-state index contributed by atoms with van der Waals surface area (Å²) in [5.74, 6) is 0. The number of anilines is 1. The van der Waals surface area contributed by atoms with Gasteiger partial charge in [0.1, 0.15) is 0 Å². The van der Waals surface area contributed by atoms with Crippen LogP contribution in [-0.2, 0) is 18.4 Å². The molecule has 0 radical (unpaired) electrons. The Bertz CT molecular complexity index is 565. The van der Waals surface area contributed by atoms with Crippen molar-refractivity contribution in [2.24, 2.45) is 0 Å². The van der Waals surface area contributed by atoms with Crippen LogP contribution in [0.4, 0.5) is 5.69 Å². The van der Waals surface area contributed by atoms with E-state index in [4.69, 9.17) is 5.73 Å². The Labute approximate surface area is 107 Å². The minimum Gasteiger partial charge on any atom is -0.399 e. The first kappa shape index (κ1) is 11.3. The highest BCUT2D eigenvalue weighted by Gasteiger charge is 2.36. The number of nitrogens with two attached hydrogens (primary N) is 1. The monoisotopic (exact) mass is 239 g/mol. The summed E-state index contributed by atoms with van der Waals surface area (Å²) < 4.78 is 0. The van der Waals surface area contributed by atoms with Crippen molar-refractivity contribution in [3.05, 3.63) is 65.2 Å². The third-order valence-electron chi connectivity index (χ3n) is 3.78. The molecular formula is C16H17NO. The Morgan fingerprint density at radius 3 is 2.67 bits per heavy atom. The van der Waals surface area contributed by atoms with Crippen LogP contribution in [0.15, 0.2) is 48.5 Å². The molecule has 3 rings (SSSR count). The minimum atomic E-state index is -0.732. The number of hydrogen-bond acceptors (Lipinski definition) is 2. The lowest BCUT2D eigenvalue weighted by Gasteiger charge is -2.24. The third-order valence-corrected chi connectivity index (χ3v) is 3.78. The first-order valence-corrected chi connectivity index (χ1v) is 6.33. The standard InChI is InChI=1S/C16H17NO/c17-14-6-7-15-13(10-14)8-9-16(15,18)11-12-4-2-1-3-5-12/h1-7,10,18H,8-9,11,17H2. The summed E-state index contributed by atoms with van der Waals surface area (Å²) in [6, 6.07) is 16.0. The average molecular weight is 239 g/mol. The Morgan fingerprint density at radius 2 is 1.89 bits per heavy atom. The molecule has 18 heavy (non-hydrogen) atoms. The van der Waals surface area contributed by atoms with Gasteiger partial charge in [0.25, 0.3) is 0 Å². The largest absolute Gasteiger partial charge is 0.399 e. The quantitative estimate of drug-likeness (QED) is 0.791. The van der Waals surface area contributed by atoms with Gasteiger partial charge in [-0.3, -0.25) is 0 Å². The predicted molar refractivity (Wildman–Crippen MR) is 73.2 cm³/mol. The first-order valence-electron chi connectivity index (χ1n) is 6.33. The van der Waals surface area contributed by atoms with Gasteiger partial charge in [0.05, 0.1) is 5.60 Å². The molecule has 2 aromatic rings. The Morgan fingerprint density at radius 1 is 1.11 bits per heavy atom. The zero-order valence-electron chi connectivity index (χ0n) is 10.3. The number of rotatable bonds is 2. The summed E-state index contributed by atoms with van der Waals surface area (Å²) in [6.45, 7) is 0. The average Bonchev–Trinajstić information content (AvgIpc) is 2.67. The highest BCUT2D eigenvalue weighted by Crippen LogP contribution is 2.40. The van der Waals surface area contributed by atoms with Gasteiger partial charge in [-0.25, -0.2) is 0 Å². The highest BCUT2D eigenvalue weighted by atomic mass is 16.3. The Hall–Kier alpha value is -1.80. The maximum atomic E-state index is 10.8. The summed E-state index contributed by atoms with van der Waals surface area (Å²) in [5.41, 5.74) is 9.24. The molecule has 1 atom stereocenters. The summed E-state index contributed by atoms with van der Waals surface area (Å²) in [7, 11) is 0. The van der Waals surface area contributed by atoms with E-state index in [1.807, 2.05) is 36.4 Å². The Balaban J connectivity index is 1.94. The van der Waals surface area contributed by atoms with Crippen LogP contribution >= 0.6 is 0 Å². The molecule has 0 saturated carbocycles. The molecule has 2 aromatic carbocycles. The fourth-order valence-electron chi connectivity index (χ4n) is 2.87. The summed E-state index contributed by atoms with van der Waals surface area (Å²) in [6.07, 6.45) is 2.36. The van der Waals surface area contributed by atoms with E-state index in [2.05, 4.69) is 12.1 Å². The van der Waals surface area contributed by atoms with Crippen molar-refractivity contribution in [3.8, 4) is 0 Å². The number of fused-ring (bicyclic) bond motifs is 1. The predicted octanol–water partition coefficient (Wildman–Crippen LogP) is 2.65. The molecule has 0 spiro atoms. The smallest absolute Gasteiger partial charge is 0.0942 e. The van der Waals surface area contributed by atoms with E-state index < -0.39 is 5.60 Å². The van der Waals surface area contributed by atoms with E-state index in [1.165, 1.54) is 11.1 Å². The molecule has 3 N–H and O–H groups in total. The molecule has 0 amide bonds. The summed E-state index contributed by atoms with van der Waals surface area (Å²) >= 11 is 0. The second-order valence-electron chi connectivity index (χ2n) is 5.11. The fourth-order valence-corrected chi connectivity index (χ4v) is 2.87. The maximum absolute atomic E-state index is 10.8. The van der Waals surface area contributed by atoms with Crippen LogP contribution in [0.1, 0.15) is 23.1 Å². The molecule has 2 nitrogen and oxygen atoms in total. The number of benzene rings is 2. The number of aliphatic hydroxyl groups is 1. The highest BCUT2D eigenvalue weighted by molar-refractivity contribution is 5.49. The topological polar surface area (TPSA) is 46.2 Å². The van der Waals surface area contributed by atoms with Crippen molar-refractivity contribution < 1.29 is 5.11 Å². The van der Waals surface area contributed by atoms with Gasteiger partial charge in [-0.2, -0.15) is 0 Å². The van der Waals surface area contributed by atoms with E-state index in [0.29, 0.717) is 6.42 Å². The third kappa shape index (κ3) is 1.89. The van der Waals surface area contributed by atoms with Gasteiger partial charge >= 0.3 is 0 Å². The van der Waals surface area contributed by atoms with Crippen molar-refractivity contribution in [1.29, 1.82) is 0 Å². The molecule has 0 heterocycles. The lowest BCUT2D eigenvalue weighted by Crippen LogP contribution is -2.25. The van der Waals surface area contributed by atoms with Crippen molar-refractivity contribution >= 4 is 5.69 Å². The van der Waals surface area contributed by atoms with E-state index in [9.17, 15) is 5.11 Å². The first-order chi connectivity index (χ1) is 8.67. The van der Waals surface area contributed by atoms with Gasteiger partial charge in [0.2, 0.25) is 0 Å². The van der Waals surface area contributed by atoms with Gasteiger partial charge in [0, 0.05) is 12.1 Å². The second kappa shape index (κ2) is 4.14. The fraction of sp³-hybridized carbons (Fsp3) is 0.250. The number of hydrogen-bond donors (Lipinski definition) is 2. The van der Waals surface area contributed by atoms with Crippen LogP contribution in [0.25, 0.3) is 0 Å². The molecule has 92 valence electrons. The van der Waals surface area contributed by atoms with Gasteiger partial charge in [-0.05, 0) is 41.7 Å².